The first-order chi connectivity index (χ1) is 14.7. The minimum Gasteiger partial charge on any atom is -0.497 e. The van der Waals surface area contributed by atoms with Gasteiger partial charge in [0.15, 0.2) is 6.61 Å². The highest BCUT2D eigenvalue weighted by Gasteiger charge is 2.34. The number of hydrogen-bond acceptors (Lipinski definition) is 7. The molecule has 30 heavy (non-hydrogen) atoms. The lowest BCUT2D eigenvalue weighted by molar-refractivity contribution is -0.134. The number of ether oxygens (including phenoxy) is 3. The third-order valence-electron chi connectivity index (χ3n) is 5.07. The van der Waals surface area contributed by atoms with Gasteiger partial charge in [0.25, 0.3) is 5.91 Å². The van der Waals surface area contributed by atoms with Crippen molar-refractivity contribution in [2.45, 2.75) is 18.9 Å². The van der Waals surface area contributed by atoms with Gasteiger partial charge in [-0.15, -0.1) is 0 Å². The molecule has 0 bridgehead atoms. The quantitative estimate of drug-likeness (QED) is 0.590. The Morgan fingerprint density at radius 1 is 1.03 bits per heavy atom. The van der Waals surface area contributed by atoms with Gasteiger partial charge in [0.05, 0.1) is 14.2 Å². The summed E-state index contributed by atoms with van der Waals surface area (Å²) >= 11 is 0. The van der Waals surface area contributed by atoms with E-state index in [2.05, 4.69) is 10.1 Å². The summed E-state index contributed by atoms with van der Waals surface area (Å²) < 4.78 is 21.4. The lowest BCUT2D eigenvalue weighted by Gasteiger charge is -2.21. The number of amides is 1. The van der Waals surface area contributed by atoms with Gasteiger partial charge in [0.1, 0.15) is 23.3 Å². The molecule has 1 aliphatic heterocycles. The number of hydrogen-bond donors (Lipinski definition) is 0. The average Bonchev–Trinajstić information content (AvgIpc) is 3.47. The van der Waals surface area contributed by atoms with Gasteiger partial charge >= 0.3 is 0 Å². The summed E-state index contributed by atoms with van der Waals surface area (Å²) in [7, 11) is 3.22. The molecular formula is C22H23N3O5. The van der Waals surface area contributed by atoms with Gasteiger partial charge < -0.3 is 23.6 Å². The number of carbonyl (C=O) groups is 1. The number of likely N-dealkylation sites (tertiary alicyclic amines) is 1. The lowest BCUT2D eigenvalue weighted by Crippen LogP contribution is -2.34. The first kappa shape index (κ1) is 19.8. The zero-order valence-corrected chi connectivity index (χ0v) is 16.9. The van der Waals surface area contributed by atoms with E-state index >= 15 is 0 Å². The highest BCUT2D eigenvalue weighted by molar-refractivity contribution is 5.78. The summed E-state index contributed by atoms with van der Waals surface area (Å²) in [5, 5.41) is 4.08. The number of nitrogens with zero attached hydrogens (tertiary/aromatic N) is 3. The van der Waals surface area contributed by atoms with E-state index in [1.54, 1.807) is 43.4 Å². The van der Waals surface area contributed by atoms with Gasteiger partial charge in [-0.2, -0.15) is 4.98 Å². The van der Waals surface area contributed by atoms with Crippen LogP contribution in [0.2, 0.25) is 0 Å². The Morgan fingerprint density at radius 2 is 1.67 bits per heavy atom. The minimum atomic E-state index is -0.239. The van der Waals surface area contributed by atoms with Crippen molar-refractivity contribution >= 4 is 5.91 Å². The molecule has 0 aliphatic carbocycles. The molecule has 0 saturated carbocycles. The van der Waals surface area contributed by atoms with Crippen molar-refractivity contribution in [3.05, 3.63) is 54.4 Å². The smallest absolute Gasteiger partial charge is 0.261 e. The van der Waals surface area contributed by atoms with Crippen LogP contribution in [-0.2, 0) is 4.79 Å². The predicted molar refractivity (Wildman–Crippen MR) is 108 cm³/mol. The number of rotatable bonds is 7. The van der Waals surface area contributed by atoms with Gasteiger partial charge in [-0.3, -0.25) is 4.79 Å². The first-order valence-corrected chi connectivity index (χ1v) is 9.72. The third-order valence-corrected chi connectivity index (χ3v) is 5.07. The van der Waals surface area contributed by atoms with Gasteiger partial charge in [0, 0.05) is 12.1 Å². The Morgan fingerprint density at radius 3 is 2.33 bits per heavy atom. The number of methoxy groups -OCH3 is 2. The van der Waals surface area contributed by atoms with Crippen LogP contribution >= 0.6 is 0 Å². The predicted octanol–water partition coefficient (Wildman–Crippen LogP) is 3.50. The molecular weight excluding hydrogens is 386 g/mol. The number of benzene rings is 2. The highest BCUT2D eigenvalue weighted by Crippen LogP contribution is 2.32. The second kappa shape index (κ2) is 8.86. The van der Waals surface area contributed by atoms with Crippen LogP contribution < -0.4 is 14.2 Å². The van der Waals surface area contributed by atoms with E-state index in [1.807, 2.05) is 24.3 Å². The molecule has 1 atom stereocenters. The van der Waals surface area contributed by atoms with Crippen molar-refractivity contribution < 1.29 is 23.5 Å². The second-order valence-electron chi connectivity index (χ2n) is 6.89. The monoisotopic (exact) mass is 409 g/mol. The van der Waals surface area contributed by atoms with Gasteiger partial charge in [-0.25, -0.2) is 0 Å². The number of carbonyl (C=O) groups excluding carboxylic acids is 1. The zero-order chi connectivity index (χ0) is 20.9. The Bertz CT molecular complexity index is 985. The second-order valence-corrected chi connectivity index (χ2v) is 6.89. The Hall–Kier alpha value is -3.55. The molecule has 1 fully saturated rings. The molecule has 2 aromatic carbocycles. The molecule has 2 heterocycles. The fraction of sp³-hybridized carbons (Fsp3) is 0.318. The summed E-state index contributed by atoms with van der Waals surface area (Å²) in [4.78, 5) is 19.0. The van der Waals surface area contributed by atoms with Crippen LogP contribution in [0.4, 0.5) is 0 Å². The summed E-state index contributed by atoms with van der Waals surface area (Å²) in [6, 6.07) is 14.3. The molecule has 1 amide bonds. The molecule has 8 heteroatoms. The van der Waals surface area contributed by atoms with E-state index in [1.165, 1.54) is 0 Å². The van der Waals surface area contributed by atoms with Crippen molar-refractivity contribution in [2.24, 2.45) is 0 Å². The van der Waals surface area contributed by atoms with Crippen molar-refractivity contribution in [1.29, 1.82) is 0 Å². The van der Waals surface area contributed by atoms with Gasteiger partial charge in [0.2, 0.25) is 11.7 Å². The van der Waals surface area contributed by atoms with E-state index in [4.69, 9.17) is 18.7 Å². The van der Waals surface area contributed by atoms with E-state index in [9.17, 15) is 4.79 Å². The van der Waals surface area contributed by atoms with Crippen molar-refractivity contribution in [3.8, 4) is 28.6 Å². The van der Waals surface area contributed by atoms with Crippen LogP contribution in [0.1, 0.15) is 24.8 Å². The maximum Gasteiger partial charge on any atom is 0.261 e. The average molecular weight is 409 g/mol. The number of aromatic nitrogens is 2. The summed E-state index contributed by atoms with van der Waals surface area (Å²) in [5.74, 6) is 2.92. The largest absolute Gasteiger partial charge is 0.497 e. The molecule has 0 N–H and O–H groups in total. The fourth-order valence-electron chi connectivity index (χ4n) is 3.45. The van der Waals surface area contributed by atoms with Crippen LogP contribution in [-0.4, -0.2) is 48.3 Å². The van der Waals surface area contributed by atoms with E-state index in [0.717, 1.165) is 29.9 Å². The van der Waals surface area contributed by atoms with Gasteiger partial charge in [-0.05, 0) is 61.4 Å². The molecule has 4 rings (SSSR count). The molecule has 1 unspecified atom stereocenters. The highest BCUT2D eigenvalue weighted by atomic mass is 16.5. The summed E-state index contributed by atoms with van der Waals surface area (Å²) in [6.07, 6.45) is 1.65. The summed E-state index contributed by atoms with van der Waals surface area (Å²) in [6.45, 7) is 0.581. The Balaban J connectivity index is 1.41. The molecule has 1 saturated heterocycles. The first-order valence-electron chi connectivity index (χ1n) is 9.72. The fourth-order valence-corrected chi connectivity index (χ4v) is 3.45. The maximum atomic E-state index is 12.7. The minimum absolute atomic E-state index is 0.0533. The molecule has 0 spiro atoms. The van der Waals surface area contributed by atoms with Crippen LogP contribution in [0.3, 0.4) is 0 Å². The zero-order valence-electron chi connectivity index (χ0n) is 16.9. The van der Waals surface area contributed by atoms with Crippen molar-refractivity contribution in [2.75, 3.05) is 27.4 Å². The Labute approximate surface area is 174 Å². The van der Waals surface area contributed by atoms with Crippen molar-refractivity contribution in [1.82, 2.24) is 15.0 Å². The Kier molecular flexibility index (Phi) is 5.83. The molecule has 3 aromatic rings. The van der Waals surface area contributed by atoms with Gasteiger partial charge in [-0.1, -0.05) is 5.16 Å². The standard InChI is InChI=1S/C22H23N3O5/c1-27-16-7-5-15(6-8-16)21-23-22(30-24-21)19-4-3-13-25(19)20(26)14-29-18-11-9-17(28-2)10-12-18/h5-12,19H,3-4,13-14H2,1-2H3. The lowest BCUT2D eigenvalue weighted by atomic mass is 10.2. The van der Waals surface area contributed by atoms with E-state index in [0.29, 0.717) is 24.0 Å². The van der Waals surface area contributed by atoms with E-state index in [-0.39, 0.29) is 18.6 Å². The van der Waals surface area contributed by atoms with Crippen molar-refractivity contribution in [3.63, 3.8) is 0 Å². The van der Waals surface area contributed by atoms with Crippen LogP contribution in [0.5, 0.6) is 17.2 Å². The van der Waals surface area contributed by atoms with Crippen LogP contribution in [0.15, 0.2) is 53.1 Å². The van der Waals surface area contributed by atoms with Crippen LogP contribution in [0, 0.1) is 0 Å². The summed E-state index contributed by atoms with van der Waals surface area (Å²) in [5.41, 5.74) is 0.824. The molecule has 8 nitrogen and oxygen atoms in total. The maximum absolute atomic E-state index is 12.7. The third kappa shape index (κ3) is 4.22. The SMILES string of the molecule is COc1ccc(OCC(=O)N2CCCC2c2nc(-c3ccc(OC)cc3)no2)cc1. The molecule has 1 aliphatic rings. The van der Waals surface area contributed by atoms with Crippen LogP contribution in [0.25, 0.3) is 11.4 Å². The molecule has 1 aromatic heterocycles. The van der Waals surface area contributed by atoms with E-state index < -0.39 is 0 Å². The molecule has 156 valence electrons. The molecule has 0 radical (unpaired) electrons. The normalized spacial score (nSPS) is 15.8. The topological polar surface area (TPSA) is 86.9 Å².